The molecule has 1 heterocycles. The van der Waals surface area contributed by atoms with Gasteiger partial charge in [0, 0.05) is 52.4 Å². The first-order chi connectivity index (χ1) is 16.3. The molecule has 0 N–H and O–H groups in total. The maximum absolute atomic E-state index is 12.4. The molecule has 1 rings (SSSR count). The van der Waals surface area contributed by atoms with Crippen molar-refractivity contribution in [2.24, 2.45) is 0 Å². The average molecular weight is 489 g/mol. The van der Waals surface area contributed by atoms with Gasteiger partial charge < -0.3 is 18.9 Å². The highest BCUT2D eigenvalue weighted by Crippen LogP contribution is 2.09. The lowest BCUT2D eigenvalue weighted by Crippen LogP contribution is -2.52. The highest BCUT2D eigenvalue weighted by atomic mass is 16.5. The van der Waals surface area contributed by atoms with E-state index in [1.807, 2.05) is 26.5 Å². The molecule has 0 saturated carbocycles. The van der Waals surface area contributed by atoms with Crippen LogP contribution in [-0.4, -0.2) is 150 Å². The van der Waals surface area contributed by atoms with Crippen LogP contribution in [0.1, 0.15) is 13.3 Å². The number of rotatable bonds is 9. The average Bonchev–Trinajstić information content (AvgIpc) is 2.84. The molecule has 0 amide bonds. The van der Waals surface area contributed by atoms with Crippen LogP contribution in [0.25, 0.3) is 0 Å². The first-order valence-electron chi connectivity index (χ1n) is 11.5. The van der Waals surface area contributed by atoms with Gasteiger partial charge >= 0.3 is 23.9 Å². The van der Waals surface area contributed by atoms with Gasteiger partial charge in [-0.25, -0.2) is 0 Å². The summed E-state index contributed by atoms with van der Waals surface area (Å²) in [7, 11) is 5.39. The zero-order valence-corrected chi connectivity index (χ0v) is 21.1. The van der Waals surface area contributed by atoms with Crippen molar-refractivity contribution in [1.29, 1.82) is 0 Å². The Kier molecular flexibility index (Phi) is 14.3. The van der Waals surface area contributed by atoms with Crippen molar-refractivity contribution in [3.63, 3.8) is 0 Å². The van der Waals surface area contributed by atoms with Gasteiger partial charge in [0.05, 0.1) is 48.1 Å². The van der Waals surface area contributed by atoms with Crippen molar-refractivity contribution in [1.82, 2.24) is 19.6 Å². The van der Waals surface area contributed by atoms with E-state index in [1.165, 1.54) is 28.4 Å². The summed E-state index contributed by atoms with van der Waals surface area (Å²) in [5.41, 5.74) is 0. The van der Waals surface area contributed by atoms with Crippen LogP contribution in [0.5, 0.6) is 0 Å². The number of esters is 4. The van der Waals surface area contributed by atoms with E-state index in [9.17, 15) is 19.2 Å². The molecule has 1 aliphatic heterocycles. The van der Waals surface area contributed by atoms with E-state index in [2.05, 4.69) is 0 Å². The van der Waals surface area contributed by atoms with Crippen molar-refractivity contribution in [2.45, 2.75) is 19.4 Å². The minimum absolute atomic E-state index is 0.0971. The van der Waals surface area contributed by atoms with Crippen LogP contribution >= 0.6 is 0 Å². The summed E-state index contributed by atoms with van der Waals surface area (Å²) < 4.78 is 19.5. The monoisotopic (exact) mass is 488 g/mol. The Hall–Kier alpha value is -2.28. The Labute approximate surface area is 202 Å². The summed E-state index contributed by atoms with van der Waals surface area (Å²) in [5.74, 6) is -1.40. The van der Waals surface area contributed by atoms with Crippen LogP contribution in [0.3, 0.4) is 0 Å². The second-order valence-electron chi connectivity index (χ2n) is 8.04. The van der Waals surface area contributed by atoms with Gasteiger partial charge in [0.2, 0.25) is 0 Å². The van der Waals surface area contributed by atoms with Gasteiger partial charge in [0.1, 0.15) is 6.04 Å². The van der Waals surface area contributed by atoms with Crippen molar-refractivity contribution >= 4 is 23.9 Å². The first-order valence-corrected chi connectivity index (χ1v) is 11.5. The molecular weight excluding hydrogens is 448 g/mol. The second kappa shape index (κ2) is 16.4. The third kappa shape index (κ3) is 10.8. The van der Waals surface area contributed by atoms with E-state index < -0.39 is 6.04 Å². The molecular formula is C22H40N4O8. The van der Waals surface area contributed by atoms with E-state index >= 15 is 0 Å². The number of carbonyl (C=O) groups excluding carboxylic acids is 4. The Morgan fingerprint density at radius 2 is 0.912 bits per heavy atom. The largest absolute Gasteiger partial charge is 0.468 e. The fraction of sp³-hybridized carbons (Fsp3) is 0.818. The van der Waals surface area contributed by atoms with E-state index in [4.69, 9.17) is 18.9 Å². The van der Waals surface area contributed by atoms with Gasteiger partial charge in [-0.15, -0.1) is 0 Å². The molecule has 1 saturated heterocycles. The van der Waals surface area contributed by atoms with Crippen LogP contribution in [0, 0.1) is 0 Å². The summed E-state index contributed by atoms with van der Waals surface area (Å²) in [6.07, 6.45) is 0.563. The molecule has 34 heavy (non-hydrogen) atoms. The van der Waals surface area contributed by atoms with E-state index in [0.29, 0.717) is 58.8 Å². The zero-order chi connectivity index (χ0) is 25.5. The molecule has 1 unspecified atom stereocenters. The van der Waals surface area contributed by atoms with Crippen LogP contribution in [-0.2, 0) is 38.1 Å². The van der Waals surface area contributed by atoms with Crippen LogP contribution < -0.4 is 0 Å². The lowest BCUT2D eigenvalue weighted by molar-refractivity contribution is -0.148. The van der Waals surface area contributed by atoms with Crippen molar-refractivity contribution in [2.75, 3.05) is 100 Å². The predicted molar refractivity (Wildman–Crippen MR) is 123 cm³/mol. The third-order valence-electron chi connectivity index (χ3n) is 5.91. The second-order valence-corrected chi connectivity index (χ2v) is 8.04. The van der Waals surface area contributed by atoms with Gasteiger partial charge in [-0.2, -0.15) is 0 Å². The van der Waals surface area contributed by atoms with Crippen molar-refractivity contribution < 1.29 is 38.1 Å². The molecule has 12 heteroatoms. The standard InChI is InChI=1S/C22H40N4O8/c1-6-18(22(30)34-5)26-13-11-24(16-20(28)32-3)9-7-23(15-19(27)31-2)8-10-25(12-14-26)17-21(29)33-4/h18H,6-17H2,1-5H3. The maximum atomic E-state index is 12.4. The summed E-state index contributed by atoms with van der Waals surface area (Å²) >= 11 is 0. The minimum Gasteiger partial charge on any atom is -0.468 e. The number of hydrogen-bond donors (Lipinski definition) is 0. The summed E-state index contributed by atoms with van der Waals surface area (Å²) in [4.78, 5) is 56.1. The Balaban J connectivity index is 3.13. The highest BCUT2D eigenvalue weighted by molar-refractivity contribution is 5.75. The SMILES string of the molecule is CCC(C(=O)OC)N1CCN(CC(=O)OC)CCN(CC(=O)OC)CCN(CC(=O)OC)CC1. The number of nitrogens with zero attached hydrogens (tertiary/aromatic N) is 4. The predicted octanol–water partition coefficient (Wildman–Crippen LogP) is -1.32. The minimum atomic E-state index is -0.441. The topological polar surface area (TPSA) is 118 Å². The van der Waals surface area contributed by atoms with Gasteiger partial charge in [0.15, 0.2) is 0 Å². The Bertz CT molecular complexity index is 629. The van der Waals surface area contributed by atoms with Crippen LogP contribution in [0.15, 0.2) is 0 Å². The van der Waals surface area contributed by atoms with E-state index in [1.54, 1.807) is 0 Å². The van der Waals surface area contributed by atoms with Crippen molar-refractivity contribution in [3.05, 3.63) is 0 Å². The molecule has 12 nitrogen and oxygen atoms in total. The lowest BCUT2D eigenvalue weighted by Gasteiger charge is -2.35. The molecule has 0 radical (unpaired) electrons. The normalized spacial score (nSPS) is 18.7. The summed E-state index contributed by atoms with van der Waals surface area (Å²) in [6.45, 7) is 6.26. The van der Waals surface area contributed by atoms with Gasteiger partial charge in [-0.1, -0.05) is 6.92 Å². The summed E-state index contributed by atoms with van der Waals surface area (Å²) in [5, 5.41) is 0. The number of carbonyl (C=O) groups is 4. The molecule has 1 atom stereocenters. The first kappa shape index (κ1) is 29.8. The van der Waals surface area contributed by atoms with E-state index in [0.717, 1.165) is 0 Å². The molecule has 0 aromatic heterocycles. The molecule has 1 fully saturated rings. The number of methoxy groups -OCH3 is 4. The molecule has 0 aromatic carbocycles. The fourth-order valence-electron chi connectivity index (χ4n) is 3.79. The molecule has 1 aliphatic rings. The third-order valence-corrected chi connectivity index (χ3v) is 5.91. The van der Waals surface area contributed by atoms with Gasteiger partial charge in [0.25, 0.3) is 0 Å². The zero-order valence-electron chi connectivity index (χ0n) is 21.1. The quantitative estimate of drug-likeness (QED) is 0.283. The van der Waals surface area contributed by atoms with Crippen LogP contribution in [0.4, 0.5) is 0 Å². The number of ether oxygens (including phenoxy) is 4. The maximum Gasteiger partial charge on any atom is 0.323 e. The van der Waals surface area contributed by atoms with Crippen LogP contribution in [0.2, 0.25) is 0 Å². The lowest BCUT2D eigenvalue weighted by atomic mass is 10.2. The fourth-order valence-corrected chi connectivity index (χ4v) is 3.79. The Morgan fingerprint density at radius 1 is 0.588 bits per heavy atom. The molecule has 0 aliphatic carbocycles. The highest BCUT2D eigenvalue weighted by Gasteiger charge is 2.27. The molecule has 196 valence electrons. The molecule has 0 aromatic rings. The molecule has 0 bridgehead atoms. The Morgan fingerprint density at radius 3 is 1.18 bits per heavy atom. The van der Waals surface area contributed by atoms with Gasteiger partial charge in [-0.05, 0) is 6.42 Å². The molecule has 0 spiro atoms. The van der Waals surface area contributed by atoms with E-state index in [-0.39, 0.29) is 43.5 Å². The smallest absolute Gasteiger partial charge is 0.323 e. The van der Waals surface area contributed by atoms with Crippen molar-refractivity contribution in [3.8, 4) is 0 Å². The van der Waals surface area contributed by atoms with Gasteiger partial charge in [-0.3, -0.25) is 38.8 Å². The summed E-state index contributed by atoms with van der Waals surface area (Å²) in [6, 6.07) is -0.441. The number of hydrogen-bond acceptors (Lipinski definition) is 12.